The first kappa shape index (κ1) is 15.8. The number of benzene rings is 1. The molecular formula is C16H24FN3O. The Labute approximate surface area is 125 Å². The average Bonchev–Trinajstić information content (AvgIpc) is 2.45. The lowest BCUT2D eigenvalue weighted by Gasteiger charge is -2.31. The number of amides is 1. The van der Waals surface area contributed by atoms with Gasteiger partial charge in [-0.15, -0.1) is 0 Å². The highest BCUT2D eigenvalue weighted by molar-refractivity contribution is 5.95. The molecule has 1 amide bonds. The largest absolute Gasteiger partial charge is 0.397 e. The molecule has 0 bridgehead atoms. The molecule has 1 saturated heterocycles. The molecule has 1 aliphatic heterocycles. The summed E-state index contributed by atoms with van der Waals surface area (Å²) in [5.41, 5.74) is 6.46. The van der Waals surface area contributed by atoms with E-state index in [0.717, 1.165) is 31.8 Å². The van der Waals surface area contributed by atoms with Crippen molar-refractivity contribution in [3.63, 3.8) is 0 Å². The molecule has 0 spiro atoms. The minimum Gasteiger partial charge on any atom is -0.397 e. The van der Waals surface area contributed by atoms with Gasteiger partial charge in [-0.05, 0) is 50.0 Å². The van der Waals surface area contributed by atoms with Crippen molar-refractivity contribution < 1.29 is 9.18 Å². The molecule has 2 rings (SSSR count). The van der Waals surface area contributed by atoms with Crippen LogP contribution in [0, 0.1) is 11.7 Å². The number of hydrogen-bond donors (Lipinski definition) is 2. The number of piperidine rings is 1. The van der Waals surface area contributed by atoms with Crippen LogP contribution in [0.15, 0.2) is 18.2 Å². The molecule has 1 heterocycles. The van der Waals surface area contributed by atoms with Gasteiger partial charge in [0, 0.05) is 0 Å². The molecule has 1 aliphatic rings. The lowest BCUT2D eigenvalue weighted by Crippen LogP contribution is -2.39. The van der Waals surface area contributed by atoms with Crippen LogP contribution >= 0.6 is 0 Å². The number of nitrogen functional groups attached to an aromatic ring is 1. The van der Waals surface area contributed by atoms with E-state index in [4.69, 9.17) is 5.73 Å². The Morgan fingerprint density at radius 1 is 1.43 bits per heavy atom. The maximum atomic E-state index is 13.2. The number of nitrogens with two attached hydrogens (primary N) is 1. The molecule has 5 heteroatoms. The summed E-state index contributed by atoms with van der Waals surface area (Å²) in [5, 5.41) is 2.69. The van der Waals surface area contributed by atoms with E-state index in [1.165, 1.54) is 31.0 Å². The zero-order valence-electron chi connectivity index (χ0n) is 12.6. The molecule has 0 unspecified atom stereocenters. The van der Waals surface area contributed by atoms with Gasteiger partial charge in [0.15, 0.2) is 0 Å². The summed E-state index contributed by atoms with van der Waals surface area (Å²) in [6.45, 7) is 4.46. The van der Waals surface area contributed by atoms with Gasteiger partial charge >= 0.3 is 0 Å². The molecular weight excluding hydrogens is 269 g/mol. The first-order chi connectivity index (χ1) is 10.1. The second-order valence-corrected chi connectivity index (χ2v) is 5.79. The molecule has 1 aromatic carbocycles. The summed E-state index contributed by atoms with van der Waals surface area (Å²) in [6.07, 6.45) is 4.82. The molecule has 0 aromatic heterocycles. The quantitative estimate of drug-likeness (QED) is 0.821. The van der Waals surface area contributed by atoms with Crippen molar-refractivity contribution in [2.45, 2.75) is 32.6 Å². The molecule has 1 aromatic rings. The van der Waals surface area contributed by atoms with Crippen LogP contribution in [0.1, 0.15) is 32.6 Å². The molecule has 116 valence electrons. The van der Waals surface area contributed by atoms with Crippen molar-refractivity contribution in [2.24, 2.45) is 5.92 Å². The Morgan fingerprint density at radius 3 is 2.81 bits per heavy atom. The Kier molecular flexibility index (Phi) is 5.56. The van der Waals surface area contributed by atoms with E-state index in [1.54, 1.807) is 0 Å². The van der Waals surface area contributed by atoms with Gasteiger partial charge in [-0.25, -0.2) is 4.39 Å². The van der Waals surface area contributed by atoms with Gasteiger partial charge in [0.2, 0.25) is 5.91 Å². The minimum atomic E-state index is -0.403. The highest BCUT2D eigenvalue weighted by Crippen LogP contribution is 2.22. The standard InChI is InChI=1S/C16H24FN3O/c1-2-3-12-6-8-20(9-7-12)11-16(21)19-15-10-13(17)4-5-14(15)18/h4-5,10,12H,2-3,6-9,11,18H2,1H3,(H,19,21). The van der Waals surface area contributed by atoms with Gasteiger partial charge in [0.25, 0.3) is 0 Å². The third-order valence-electron chi connectivity index (χ3n) is 4.06. The van der Waals surface area contributed by atoms with Crippen LogP contribution in [0.4, 0.5) is 15.8 Å². The van der Waals surface area contributed by atoms with Crippen LogP contribution in [0.2, 0.25) is 0 Å². The number of carbonyl (C=O) groups excluding carboxylic acids is 1. The van der Waals surface area contributed by atoms with E-state index < -0.39 is 5.82 Å². The molecule has 4 nitrogen and oxygen atoms in total. The van der Waals surface area contributed by atoms with Crippen molar-refractivity contribution in [1.82, 2.24) is 4.90 Å². The summed E-state index contributed by atoms with van der Waals surface area (Å²) in [6, 6.07) is 3.99. The highest BCUT2D eigenvalue weighted by atomic mass is 19.1. The van der Waals surface area contributed by atoms with Crippen LogP contribution in [-0.2, 0) is 4.79 Å². The van der Waals surface area contributed by atoms with Crippen LogP contribution in [-0.4, -0.2) is 30.4 Å². The first-order valence-electron chi connectivity index (χ1n) is 7.65. The van der Waals surface area contributed by atoms with Crippen LogP contribution in [0.3, 0.4) is 0 Å². The number of nitrogens with one attached hydrogen (secondary N) is 1. The van der Waals surface area contributed by atoms with E-state index in [0.29, 0.717) is 17.9 Å². The molecule has 0 aliphatic carbocycles. The number of nitrogens with zero attached hydrogens (tertiary/aromatic N) is 1. The fourth-order valence-corrected chi connectivity index (χ4v) is 2.87. The van der Waals surface area contributed by atoms with E-state index >= 15 is 0 Å². The summed E-state index contributed by atoms with van der Waals surface area (Å²) in [5.74, 6) is 0.259. The fourth-order valence-electron chi connectivity index (χ4n) is 2.87. The molecule has 1 fully saturated rings. The molecule has 0 saturated carbocycles. The predicted molar refractivity (Wildman–Crippen MR) is 83.5 cm³/mol. The van der Waals surface area contributed by atoms with Crippen molar-refractivity contribution in [2.75, 3.05) is 30.7 Å². The lowest BCUT2D eigenvalue weighted by atomic mass is 9.92. The van der Waals surface area contributed by atoms with Gasteiger partial charge in [0.1, 0.15) is 5.82 Å². The van der Waals surface area contributed by atoms with Crippen molar-refractivity contribution in [3.8, 4) is 0 Å². The smallest absolute Gasteiger partial charge is 0.238 e. The van der Waals surface area contributed by atoms with Gasteiger partial charge in [-0.1, -0.05) is 19.8 Å². The third-order valence-corrected chi connectivity index (χ3v) is 4.06. The average molecular weight is 293 g/mol. The number of anilines is 2. The zero-order valence-corrected chi connectivity index (χ0v) is 12.6. The van der Waals surface area contributed by atoms with E-state index in [-0.39, 0.29) is 5.91 Å². The normalized spacial score (nSPS) is 16.9. The molecule has 0 radical (unpaired) electrons. The minimum absolute atomic E-state index is 0.138. The predicted octanol–water partition coefficient (Wildman–Crippen LogP) is 2.86. The Hall–Kier alpha value is -1.62. The maximum absolute atomic E-state index is 13.2. The number of carbonyl (C=O) groups is 1. The van der Waals surface area contributed by atoms with Gasteiger partial charge in [-0.2, -0.15) is 0 Å². The monoisotopic (exact) mass is 293 g/mol. The molecule has 21 heavy (non-hydrogen) atoms. The van der Waals surface area contributed by atoms with Gasteiger partial charge in [0.05, 0.1) is 17.9 Å². The van der Waals surface area contributed by atoms with Crippen molar-refractivity contribution >= 4 is 17.3 Å². The number of rotatable bonds is 5. The zero-order chi connectivity index (χ0) is 15.2. The maximum Gasteiger partial charge on any atom is 0.238 e. The molecule has 0 atom stereocenters. The lowest BCUT2D eigenvalue weighted by molar-refractivity contribution is -0.117. The van der Waals surface area contributed by atoms with Crippen LogP contribution in [0.25, 0.3) is 0 Å². The second kappa shape index (κ2) is 7.41. The highest BCUT2D eigenvalue weighted by Gasteiger charge is 2.20. The van der Waals surface area contributed by atoms with E-state index in [2.05, 4.69) is 17.1 Å². The Morgan fingerprint density at radius 2 is 2.14 bits per heavy atom. The molecule has 3 N–H and O–H groups in total. The van der Waals surface area contributed by atoms with Gasteiger partial charge in [-0.3, -0.25) is 9.69 Å². The summed E-state index contributed by atoms with van der Waals surface area (Å²) >= 11 is 0. The van der Waals surface area contributed by atoms with Crippen molar-refractivity contribution in [1.29, 1.82) is 0 Å². The Balaban J connectivity index is 1.81. The second-order valence-electron chi connectivity index (χ2n) is 5.79. The fraction of sp³-hybridized carbons (Fsp3) is 0.562. The SMILES string of the molecule is CCCC1CCN(CC(=O)Nc2cc(F)ccc2N)CC1. The van der Waals surface area contributed by atoms with Crippen LogP contribution in [0.5, 0.6) is 0 Å². The summed E-state index contributed by atoms with van der Waals surface area (Å²) < 4.78 is 13.2. The third kappa shape index (κ3) is 4.70. The number of hydrogen-bond acceptors (Lipinski definition) is 3. The van der Waals surface area contributed by atoms with Crippen LogP contribution < -0.4 is 11.1 Å². The number of halogens is 1. The first-order valence-corrected chi connectivity index (χ1v) is 7.65. The topological polar surface area (TPSA) is 58.4 Å². The van der Waals surface area contributed by atoms with E-state index in [1.807, 2.05) is 0 Å². The van der Waals surface area contributed by atoms with Crippen molar-refractivity contribution in [3.05, 3.63) is 24.0 Å². The Bertz CT molecular complexity index is 484. The number of likely N-dealkylation sites (tertiary alicyclic amines) is 1. The summed E-state index contributed by atoms with van der Waals surface area (Å²) in [4.78, 5) is 14.2. The summed E-state index contributed by atoms with van der Waals surface area (Å²) in [7, 11) is 0. The van der Waals surface area contributed by atoms with Gasteiger partial charge < -0.3 is 11.1 Å². The van der Waals surface area contributed by atoms with E-state index in [9.17, 15) is 9.18 Å².